The zero-order valence-corrected chi connectivity index (χ0v) is 13.9. The highest BCUT2D eigenvalue weighted by molar-refractivity contribution is 7.00. The average Bonchev–Trinajstić information content (AvgIpc) is 3.31. The highest BCUT2D eigenvalue weighted by atomic mass is 32.1. The van der Waals surface area contributed by atoms with Gasteiger partial charge in [-0.25, -0.2) is 0 Å². The minimum Gasteiger partial charge on any atom is -0.457 e. The molecule has 0 atom stereocenters. The Hall–Kier alpha value is -3.25. The fraction of sp³-hybridized carbons (Fsp3) is 0. The van der Waals surface area contributed by atoms with E-state index in [0.29, 0.717) is 17.0 Å². The van der Waals surface area contributed by atoms with E-state index >= 15 is 0 Å². The quantitative estimate of drug-likeness (QED) is 0.548. The molecule has 2 aromatic carbocycles. The molecule has 0 aliphatic rings. The summed E-state index contributed by atoms with van der Waals surface area (Å²) in [6.07, 6.45) is 3.08. The minimum atomic E-state index is -0.252. The van der Waals surface area contributed by atoms with Crippen molar-refractivity contribution in [1.82, 2.24) is 8.75 Å². The number of carbonyl (C=O) groups excluding carboxylic acids is 1. The number of carbonyl (C=O) groups is 1. The summed E-state index contributed by atoms with van der Waals surface area (Å²) < 4.78 is 14.1. The summed E-state index contributed by atoms with van der Waals surface area (Å²) in [5.74, 6) is 1.12. The summed E-state index contributed by atoms with van der Waals surface area (Å²) >= 11 is 1.12. The number of furan rings is 1. The zero-order chi connectivity index (χ0) is 17.1. The Bertz CT molecular complexity index is 1050. The summed E-state index contributed by atoms with van der Waals surface area (Å²) in [4.78, 5) is 12.1. The number of nitrogens with one attached hydrogen (secondary N) is 1. The first kappa shape index (κ1) is 15.3. The fourth-order valence-corrected chi connectivity index (χ4v) is 2.99. The topological polar surface area (TPSA) is 68.0 Å². The van der Waals surface area contributed by atoms with Crippen molar-refractivity contribution < 1.29 is 9.21 Å². The summed E-state index contributed by atoms with van der Waals surface area (Å²) in [6, 6.07) is 19.0. The van der Waals surface area contributed by atoms with Crippen LogP contribution in [-0.4, -0.2) is 14.7 Å². The van der Waals surface area contributed by atoms with Crippen molar-refractivity contribution in [2.75, 3.05) is 5.32 Å². The molecule has 6 heteroatoms. The molecule has 4 rings (SSSR count). The Morgan fingerprint density at radius 1 is 1.00 bits per heavy atom. The molecule has 1 N–H and O–H groups in total. The van der Waals surface area contributed by atoms with Crippen molar-refractivity contribution >= 4 is 40.4 Å². The van der Waals surface area contributed by atoms with Crippen LogP contribution < -0.4 is 5.32 Å². The number of amides is 1. The van der Waals surface area contributed by atoms with E-state index in [1.807, 2.05) is 54.6 Å². The molecule has 4 aromatic rings. The fourth-order valence-electron chi connectivity index (χ4n) is 2.44. The number of aromatic nitrogens is 2. The number of hydrogen-bond donors (Lipinski definition) is 1. The molecule has 0 saturated carbocycles. The van der Waals surface area contributed by atoms with E-state index in [0.717, 1.165) is 28.6 Å². The molecule has 0 radical (unpaired) electrons. The summed E-state index contributed by atoms with van der Waals surface area (Å²) in [5, 5.41) is 2.82. The van der Waals surface area contributed by atoms with Crippen LogP contribution in [0.2, 0.25) is 0 Å². The molecule has 2 aromatic heterocycles. The molecule has 0 bridgehead atoms. The average molecular weight is 347 g/mol. The second kappa shape index (κ2) is 6.70. The maximum atomic E-state index is 12.1. The first-order valence-electron chi connectivity index (χ1n) is 7.65. The van der Waals surface area contributed by atoms with Crippen LogP contribution in [0.5, 0.6) is 0 Å². The van der Waals surface area contributed by atoms with Crippen LogP contribution in [-0.2, 0) is 4.79 Å². The Balaban J connectivity index is 1.48. The molecule has 0 unspecified atom stereocenters. The van der Waals surface area contributed by atoms with E-state index in [4.69, 9.17) is 4.42 Å². The van der Waals surface area contributed by atoms with Gasteiger partial charge < -0.3 is 9.73 Å². The van der Waals surface area contributed by atoms with E-state index < -0.39 is 0 Å². The molecule has 0 spiro atoms. The maximum Gasteiger partial charge on any atom is 0.248 e. The summed E-state index contributed by atoms with van der Waals surface area (Å²) in [5.41, 5.74) is 3.10. The normalized spacial score (nSPS) is 11.2. The number of anilines is 1. The molecule has 1 amide bonds. The first-order chi connectivity index (χ1) is 12.3. The molecule has 5 nitrogen and oxygen atoms in total. The van der Waals surface area contributed by atoms with Crippen molar-refractivity contribution in [2.45, 2.75) is 0 Å². The van der Waals surface area contributed by atoms with Gasteiger partial charge in [-0.2, -0.15) is 8.75 Å². The van der Waals surface area contributed by atoms with Crippen LogP contribution in [0.3, 0.4) is 0 Å². The predicted molar refractivity (Wildman–Crippen MR) is 99.2 cm³/mol. The lowest BCUT2D eigenvalue weighted by molar-refractivity contribution is -0.111. The van der Waals surface area contributed by atoms with Crippen molar-refractivity contribution in [3.05, 3.63) is 72.5 Å². The van der Waals surface area contributed by atoms with E-state index in [1.54, 1.807) is 12.1 Å². The number of benzene rings is 2. The van der Waals surface area contributed by atoms with Gasteiger partial charge in [0.2, 0.25) is 5.91 Å². The minimum absolute atomic E-state index is 0.252. The van der Waals surface area contributed by atoms with Gasteiger partial charge in [-0.1, -0.05) is 36.4 Å². The van der Waals surface area contributed by atoms with Gasteiger partial charge in [-0.15, -0.1) is 0 Å². The smallest absolute Gasteiger partial charge is 0.248 e. The van der Waals surface area contributed by atoms with Gasteiger partial charge in [0.05, 0.1) is 17.4 Å². The van der Waals surface area contributed by atoms with Crippen LogP contribution in [0.25, 0.3) is 28.4 Å². The van der Waals surface area contributed by atoms with Gasteiger partial charge in [0.25, 0.3) is 0 Å². The Kier molecular flexibility index (Phi) is 4.10. The second-order valence-corrected chi connectivity index (χ2v) is 5.86. The lowest BCUT2D eigenvalue weighted by Crippen LogP contribution is -2.07. The van der Waals surface area contributed by atoms with Crippen molar-refractivity contribution in [3.8, 4) is 11.3 Å². The van der Waals surface area contributed by atoms with Crippen molar-refractivity contribution in [1.29, 1.82) is 0 Å². The molecule has 0 aliphatic heterocycles. The second-order valence-electron chi connectivity index (χ2n) is 5.33. The summed E-state index contributed by atoms with van der Waals surface area (Å²) in [6.45, 7) is 0. The van der Waals surface area contributed by atoms with Crippen LogP contribution in [0.15, 0.2) is 71.2 Å². The Morgan fingerprint density at radius 2 is 1.88 bits per heavy atom. The van der Waals surface area contributed by atoms with Gasteiger partial charge in [0.1, 0.15) is 22.6 Å². The third-order valence-electron chi connectivity index (χ3n) is 3.63. The standard InChI is InChI=1S/C19H13N3O2S/c23-18(20-15-7-4-8-16-19(15)22-25-21-16)12-10-14-9-11-17(24-14)13-5-2-1-3-6-13/h1-12H,(H,20,23)/b12-10+. The zero-order valence-electron chi connectivity index (χ0n) is 13.0. The monoisotopic (exact) mass is 347 g/mol. The molecule has 0 aliphatic carbocycles. The van der Waals surface area contributed by atoms with Crippen LogP contribution in [0, 0.1) is 0 Å². The molecule has 2 heterocycles. The van der Waals surface area contributed by atoms with Crippen LogP contribution in [0.4, 0.5) is 5.69 Å². The largest absolute Gasteiger partial charge is 0.457 e. The maximum absolute atomic E-state index is 12.1. The Morgan fingerprint density at radius 3 is 2.76 bits per heavy atom. The first-order valence-corrected chi connectivity index (χ1v) is 8.38. The van der Waals surface area contributed by atoms with E-state index in [1.165, 1.54) is 6.08 Å². The molecule has 0 saturated heterocycles. The molecule has 122 valence electrons. The predicted octanol–water partition coefficient (Wildman–Crippen LogP) is 4.60. The van der Waals surface area contributed by atoms with E-state index in [2.05, 4.69) is 14.1 Å². The lowest BCUT2D eigenvalue weighted by atomic mass is 10.2. The molecular weight excluding hydrogens is 334 g/mol. The van der Waals surface area contributed by atoms with Crippen LogP contribution >= 0.6 is 11.7 Å². The number of fused-ring (bicyclic) bond motifs is 1. The van der Waals surface area contributed by atoms with Gasteiger partial charge in [0, 0.05) is 11.6 Å². The van der Waals surface area contributed by atoms with Gasteiger partial charge in [-0.3, -0.25) is 4.79 Å². The van der Waals surface area contributed by atoms with Gasteiger partial charge >= 0.3 is 0 Å². The highest BCUT2D eigenvalue weighted by Gasteiger charge is 2.07. The third-order valence-corrected chi connectivity index (χ3v) is 4.17. The number of hydrogen-bond acceptors (Lipinski definition) is 5. The van der Waals surface area contributed by atoms with Crippen LogP contribution in [0.1, 0.15) is 5.76 Å². The molecule has 25 heavy (non-hydrogen) atoms. The highest BCUT2D eigenvalue weighted by Crippen LogP contribution is 2.23. The van der Waals surface area contributed by atoms with E-state index in [9.17, 15) is 4.79 Å². The molecule has 0 fully saturated rings. The van der Waals surface area contributed by atoms with Gasteiger partial charge in [0.15, 0.2) is 0 Å². The SMILES string of the molecule is O=C(/C=C/c1ccc(-c2ccccc2)o1)Nc1cccc2nsnc12. The van der Waals surface area contributed by atoms with E-state index in [-0.39, 0.29) is 5.91 Å². The Labute approximate surface area is 148 Å². The summed E-state index contributed by atoms with van der Waals surface area (Å²) in [7, 11) is 0. The number of rotatable bonds is 4. The van der Waals surface area contributed by atoms with Crippen molar-refractivity contribution in [3.63, 3.8) is 0 Å². The lowest BCUT2D eigenvalue weighted by Gasteiger charge is -2.01. The van der Waals surface area contributed by atoms with Crippen molar-refractivity contribution in [2.24, 2.45) is 0 Å². The molecular formula is C19H13N3O2S. The number of nitrogens with zero attached hydrogens (tertiary/aromatic N) is 2. The van der Waals surface area contributed by atoms with Gasteiger partial charge in [-0.05, 0) is 30.3 Å². The third kappa shape index (κ3) is 3.34.